The fourth-order valence-electron chi connectivity index (χ4n) is 7.49. The van der Waals surface area contributed by atoms with E-state index in [2.05, 4.69) is 29.2 Å². The number of likely N-dealkylation sites (tertiary alicyclic amines) is 1. The zero-order valence-electron chi connectivity index (χ0n) is 21.6. The van der Waals surface area contributed by atoms with E-state index in [1.807, 2.05) is 16.7 Å². The van der Waals surface area contributed by atoms with E-state index >= 15 is 0 Å². The van der Waals surface area contributed by atoms with Crippen molar-refractivity contribution in [3.63, 3.8) is 0 Å². The molecule has 0 radical (unpaired) electrons. The smallest absolute Gasteiger partial charge is 0.410 e. The summed E-state index contributed by atoms with van der Waals surface area (Å²) in [5.74, 6) is -0.356. The second-order valence-corrected chi connectivity index (χ2v) is 11.3. The molecule has 2 atom stereocenters. The lowest BCUT2D eigenvalue weighted by atomic mass is 9.68. The lowest BCUT2D eigenvalue weighted by Crippen LogP contribution is -2.57. The number of hydrogen-bond donors (Lipinski definition) is 0. The maximum atomic E-state index is 13.5. The van der Waals surface area contributed by atoms with Gasteiger partial charge in [-0.25, -0.2) is 9.18 Å². The third-order valence-electron chi connectivity index (χ3n) is 9.28. The van der Waals surface area contributed by atoms with Crippen LogP contribution in [0.2, 0.25) is 0 Å². The van der Waals surface area contributed by atoms with Gasteiger partial charge >= 0.3 is 6.09 Å². The minimum Gasteiger partial charge on any atom is -0.450 e. The average molecular weight is 506 g/mol. The zero-order chi connectivity index (χ0) is 25.6. The lowest BCUT2D eigenvalue weighted by molar-refractivity contribution is 0.0192. The van der Waals surface area contributed by atoms with Crippen LogP contribution in [0.4, 0.5) is 9.18 Å². The van der Waals surface area contributed by atoms with E-state index in [4.69, 9.17) is 4.74 Å². The second kappa shape index (κ2) is 9.75. The van der Waals surface area contributed by atoms with Gasteiger partial charge in [0.15, 0.2) is 0 Å². The first-order valence-corrected chi connectivity index (χ1v) is 13.8. The van der Waals surface area contributed by atoms with Crippen molar-refractivity contribution in [3.8, 4) is 0 Å². The van der Waals surface area contributed by atoms with Crippen molar-refractivity contribution in [3.05, 3.63) is 71.0 Å². The first-order valence-electron chi connectivity index (χ1n) is 13.8. The molecule has 4 heterocycles. The van der Waals surface area contributed by atoms with Crippen LogP contribution in [0.25, 0.3) is 0 Å². The topological polar surface area (TPSA) is 53.1 Å². The van der Waals surface area contributed by atoms with Gasteiger partial charge in [-0.3, -0.25) is 4.79 Å². The Morgan fingerprint density at radius 1 is 0.973 bits per heavy atom. The largest absolute Gasteiger partial charge is 0.450 e. The maximum Gasteiger partial charge on any atom is 0.410 e. The highest BCUT2D eigenvalue weighted by atomic mass is 19.1. The van der Waals surface area contributed by atoms with Gasteiger partial charge in [0.1, 0.15) is 5.82 Å². The number of benzene rings is 2. The third kappa shape index (κ3) is 4.41. The summed E-state index contributed by atoms with van der Waals surface area (Å²) in [4.78, 5) is 32.5. The van der Waals surface area contributed by atoms with Crippen LogP contribution < -0.4 is 0 Å². The van der Waals surface area contributed by atoms with Crippen molar-refractivity contribution in [2.75, 3.05) is 26.2 Å². The van der Waals surface area contributed by atoms with Crippen LogP contribution in [-0.2, 0) is 16.7 Å². The number of piperidine rings is 2. The number of carbonyl (C=O) groups excluding carboxylic acids is 2. The van der Waals surface area contributed by atoms with Crippen LogP contribution in [0.3, 0.4) is 0 Å². The number of nitrogens with zero attached hydrogens (tertiary/aromatic N) is 3. The van der Waals surface area contributed by atoms with Crippen LogP contribution in [0.1, 0.15) is 66.9 Å². The van der Waals surface area contributed by atoms with Crippen molar-refractivity contribution < 1.29 is 18.7 Å². The van der Waals surface area contributed by atoms with E-state index in [0.717, 1.165) is 51.6 Å². The summed E-state index contributed by atoms with van der Waals surface area (Å²) in [6.07, 6.45) is 6.06. The van der Waals surface area contributed by atoms with Crippen molar-refractivity contribution in [1.82, 2.24) is 14.7 Å². The standard InChI is InChI=1S/C30H36FN3O3/c1-2-37-29(36)34-24-11-12-25(34)18-26(17-24)32-15-13-30(14-16-32)20-33(19-22-5-3-4-6-27(22)30)28(35)21-7-9-23(31)10-8-21/h3-10,24-26H,2,11-20H2,1H3. The van der Waals surface area contributed by atoms with Gasteiger partial charge in [-0.2, -0.15) is 0 Å². The molecule has 2 amide bonds. The summed E-state index contributed by atoms with van der Waals surface area (Å²) in [6, 6.07) is 15.5. The monoisotopic (exact) mass is 505 g/mol. The predicted molar refractivity (Wildman–Crippen MR) is 139 cm³/mol. The Labute approximate surface area is 218 Å². The van der Waals surface area contributed by atoms with Crippen molar-refractivity contribution in [1.29, 1.82) is 0 Å². The van der Waals surface area contributed by atoms with Crippen LogP contribution >= 0.6 is 0 Å². The molecule has 196 valence electrons. The van der Waals surface area contributed by atoms with E-state index < -0.39 is 0 Å². The summed E-state index contributed by atoms with van der Waals surface area (Å²) < 4.78 is 18.8. The highest BCUT2D eigenvalue weighted by Gasteiger charge is 2.48. The van der Waals surface area contributed by atoms with E-state index in [1.54, 1.807) is 12.1 Å². The number of halogens is 1. The van der Waals surface area contributed by atoms with Gasteiger partial charge in [0, 0.05) is 42.2 Å². The Hall–Kier alpha value is -2.93. The SMILES string of the molecule is CCOC(=O)N1C2CCC1CC(N1CCC3(CC1)CN(C(=O)c1ccc(F)cc1)Cc1ccccc13)C2. The number of ether oxygens (including phenoxy) is 1. The van der Waals surface area contributed by atoms with Crippen LogP contribution in [-0.4, -0.2) is 71.1 Å². The van der Waals surface area contributed by atoms with E-state index in [9.17, 15) is 14.0 Å². The molecule has 6 rings (SSSR count). The van der Waals surface area contributed by atoms with Gasteiger partial charge < -0.3 is 19.4 Å². The minimum atomic E-state index is -0.328. The molecule has 0 aromatic heterocycles. The Morgan fingerprint density at radius 2 is 1.65 bits per heavy atom. The lowest BCUT2D eigenvalue weighted by Gasteiger charge is -2.51. The fourth-order valence-corrected chi connectivity index (χ4v) is 7.49. The van der Waals surface area contributed by atoms with Crippen LogP contribution in [0.15, 0.2) is 48.5 Å². The molecule has 3 fully saturated rings. The number of carbonyl (C=O) groups is 2. The summed E-state index contributed by atoms with van der Waals surface area (Å²) in [5.41, 5.74) is 3.08. The number of fused-ring (bicyclic) bond motifs is 4. The molecule has 3 saturated heterocycles. The number of amides is 2. The molecule has 0 aliphatic carbocycles. The summed E-state index contributed by atoms with van der Waals surface area (Å²) in [5, 5.41) is 0. The highest BCUT2D eigenvalue weighted by molar-refractivity contribution is 5.94. The predicted octanol–water partition coefficient (Wildman–Crippen LogP) is 4.97. The van der Waals surface area contributed by atoms with Gasteiger partial charge in [-0.05, 0) is 93.9 Å². The number of rotatable bonds is 3. The highest BCUT2D eigenvalue weighted by Crippen LogP contribution is 2.44. The molecule has 7 heteroatoms. The van der Waals surface area contributed by atoms with Crippen molar-refractivity contribution in [2.45, 2.75) is 75.5 Å². The fraction of sp³-hybridized carbons (Fsp3) is 0.533. The first-order chi connectivity index (χ1) is 18.0. The quantitative estimate of drug-likeness (QED) is 0.591. The second-order valence-electron chi connectivity index (χ2n) is 11.3. The molecule has 4 aliphatic heterocycles. The van der Waals surface area contributed by atoms with Gasteiger partial charge in [-0.1, -0.05) is 24.3 Å². The summed E-state index contributed by atoms with van der Waals surface area (Å²) >= 11 is 0. The van der Waals surface area contributed by atoms with E-state index in [-0.39, 0.29) is 35.3 Å². The maximum absolute atomic E-state index is 13.5. The summed E-state index contributed by atoms with van der Waals surface area (Å²) in [7, 11) is 0. The molecule has 0 N–H and O–H groups in total. The normalized spacial score (nSPS) is 26.7. The van der Waals surface area contributed by atoms with Crippen LogP contribution in [0, 0.1) is 5.82 Å². The molecule has 2 aromatic rings. The molecule has 37 heavy (non-hydrogen) atoms. The molecular formula is C30H36FN3O3. The molecule has 1 spiro atoms. The van der Waals surface area contributed by atoms with Gasteiger partial charge in [0.2, 0.25) is 0 Å². The van der Waals surface area contributed by atoms with Crippen molar-refractivity contribution >= 4 is 12.0 Å². The average Bonchev–Trinajstić information content (AvgIpc) is 3.19. The van der Waals surface area contributed by atoms with Gasteiger partial charge in [-0.15, -0.1) is 0 Å². The third-order valence-corrected chi connectivity index (χ3v) is 9.28. The molecule has 4 aliphatic rings. The van der Waals surface area contributed by atoms with E-state index in [0.29, 0.717) is 31.3 Å². The molecule has 0 saturated carbocycles. The van der Waals surface area contributed by atoms with E-state index in [1.165, 1.54) is 23.3 Å². The van der Waals surface area contributed by atoms with Crippen molar-refractivity contribution in [2.24, 2.45) is 0 Å². The Bertz CT molecular complexity index is 1150. The summed E-state index contributed by atoms with van der Waals surface area (Å²) in [6.45, 7) is 5.57. The van der Waals surface area contributed by atoms with Gasteiger partial charge in [0.05, 0.1) is 6.61 Å². The Balaban J connectivity index is 1.17. The first kappa shape index (κ1) is 24.4. The molecule has 2 aromatic carbocycles. The minimum absolute atomic E-state index is 0.0285. The molecule has 6 nitrogen and oxygen atoms in total. The van der Waals surface area contributed by atoms with Gasteiger partial charge in [0.25, 0.3) is 5.91 Å². The Morgan fingerprint density at radius 3 is 2.32 bits per heavy atom. The molecule has 2 unspecified atom stereocenters. The molecular weight excluding hydrogens is 469 g/mol. The van der Waals surface area contributed by atoms with Crippen LogP contribution in [0.5, 0.6) is 0 Å². The zero-order valence-corrected chi connectivity index (χ0v) is 21.6. The number of hydrogen-bond acceptors (Lipinski definition) is 4. The molecule has 2 bridgehead atoms. The Kier molecular flexibility index (Phi) is 6.43.